The van der Waals surface area contributed by atoms with Crippen LogP contribution >= 0.6 is 0 Å². The van der Waals surface area contributed by atoms with Gasteiger partial charge >= 0.3 is 0 Å². The van der Waals surface area contributed by atoms with Gasteiger partial charge in [-0.05, 0) is 42.8 Å². The minimum Gasteiger partial charge on any atom is -0.490 e. The standard InChI is InChI=1S/C21H20FN3O4/c1-3-11-29-18-10-9-15(12-19(18)28-4-2)14-23-25-21(27)13-20(26)24-17-8-6-5-7-16(17)22/h1,5-10,12,14H,4,11,13H2,2H3,(H,24,26)(H,25,27). The number of terminal acetylenes is 1. The van der Waals surface area contributed by atoms with Crippen LogP contribution in [0.5, 0.6) is 11.5 Å². The van der Waals surface area contributed by atoms with Gasteiger partial charge in [-0.25, -0.2) is 9.82 Å². The highest BCUT2D eigenvalue weighted by Gasteiger charge is 2.11. The number of anilines is 1. The van der Waals surface area contributed by atoms with E-state index in [1.165, 1.54) is 24.4 Å². The summed E-state index contributed by atoms with van der Waals surface area (Å²) in [5, 5.41) is 6.13. The molecule has 0 bridgehead atoms. The van der Waals surface area contributed by atoms with Crippen LogP contribution in [0.15, 0.2) is 47.6 Å². The number of benzene rings is 2. The van der Waals surface area contributed by atoms with Crippen molar-refractivity contribution in [3.8, 4) is 23.8 Å². The summed E-state index contributed by atoms with van der Waals surface area (Å²) in [5.41, 5.74) is 2.88. The maximum Gasteiger partial charge on any atom is 0.249 e. The van der Waals surface area contributed by atoms with E-state index < -0.39 is 24.1 Å². The van der Waals surface area contributed by atoms with Crippen LogP contribution in [-0.4, -0.2) is 31.2 Å². The van der Waals surface area contributed by atoms with Gasteiger partial charge in [0.25, 0.3) is 0 Å². The van der Waals surface area contributed by atoms with E-state index in [0.717, 1.165) is 0 Å². The Morgan fingerprint density at radius 3 is 2.69 bits per heavy atom. The fraction of sp³-hybridized carbons (Fsp3) is 0.190. The first kappa shape index (κ1) is 21.4. The quantitative estimate of drug-likeness (QED) is 0.295. The first-order valence-corrected chi connectivity index (χ1v) is 8.73. The Hall–Kier alpha value is -3.86. The summed E-state index contributed by atoms with van der Waals surface area (Å²) in [7, 11) is 0. The van der Waals surface area contributed by atoms with E-state index in [2.05, 4.69) is 21.8 Å². The molecule has 0 aliphatic carbocycles. The lowest BCUT2D eigenvalue weighted by molar-refractivity contribution is -0.126. The van der Waals surface area contributed by atoms with Crippen molar-refractivity contribution in [2.75, 3.05) is 18.5 Å². The molecule has 0 aliphatic heterocycles. The second-order valence-electron chi connectivity index (χ2n) is 5.63. The molecule has 0 saturated carbocycles. The van der Waals surface area contributed by atoms with E-state index in [4.69, 9.17) is 15.9 Å². The third kappa shape index (κ3) is 6.99. The SMILES string of the molecule is C#CCOc1ccc(C=NNC(=O)CC(=O)Nc2ccccc2F)cc1OCC. The van der Waals surface area contributed by atoms with Gasteiger partial charge < -0.3 is 14.8 Å². The smallest absolute Gasteiger partial charge is 0.249 e. The molecule has 2 aromatic carbocycles. The highest BCUT2D eigenvalue weighted by molar-refractivity contribution is 6.03. The molecule has 150 valence electrons. The van der Waals surface area contributed by atoms with Crippen molar-refractivity contribution in [1.29, 1.82) is 0 Å². The summed E-state index contributed by atoms with van der Waals surface area (Å²) < 4.78 is 24.4. The Labute approximate surface area is 167 Å². The van der Waals surface area contributed by atoms with Crippen LogP contribution in [0.3, 0.4) is 0 Å². The number of halogens is 1. The molecule has 7 nitrogen and oxygen atoms in total. The topological polar surface area (TPSA) is 89.0 Å². The fourth-order valence-electron chi connectivity index (χ4n) is 2.23. The maximum atomic E-state index is 13.5. The number of carbonyl (C=O) groups is 2. The number of amides is 2. The second-order valence-corrected chi connectivity index (χ2v) is 5.63. The van der Waals surface area contributed by atoms with Crippen LogP contribution in [0.2, 0.25) is 0 Å². The predicted octanol–water partition coefficient (Wildman–Crippen LogP) is 2.72. The minimum absolute atomic E-state index is 0.00407. The summed E-state index contributed by atoms with van der Waals surface area (Å²) in [6.45, 7) is 2.37. The lowest BCUT2D eigenvalue weighted by Gasteiger charge is -2.10. The van der Waals surface area contributed by atoms with Crippen LogP contribution in [0.4, 0.5) is 10.1 Å². The van der Waals surface area contributed by atoms with Crippen molar-refractivity contribution < 1.29 is 23.5 Å². The molecule has 0 fully saturated rings. The number of carbonyl (C=O) groups excluding carboxylic acids is 2. The van der Waals surface area contributed by atoms with E-state index in [1.807, 2.05) is 6.92 Å². The van der Waals surface area contributed by atoms with Crippen LogP contribution in [-0.2, 0) is 9.59 Å². The molecular formula is C21H20FN3O4. The van der Waals surface area contributed by atoms with Gasteiger partial charge in [0.15, 0.2) is 11.5 Å². The Balaban J connectivity index is 1.90. The van der Waals surface area contributed by atoms with Gasteiger partial charge in [0.2, 0.25) is 11.8 Å². The fourth-order valence-corrected chi connectivity index (χ4v) is 2.23. The minimum atomic E-state index is -0.656. The van der Waals surface area contributed by atoms with Crippen molar-refractivity contribution in [3.05, 3.63) is 53.8 Å². The van der Waals surface area contributed by atoms with Crippen LogP contribution in [0.25, 0.3) is 0 Å². The zero-order chi connectivity index (χ0) is 21.1. The van der Waals surface area contributed by atoms with Crippen LogP contribution < -0.4 is 20.2 Å². The van der Waals surface area contributed by atoms with E-state index in [0.29, 0.717) is 23.7 Å². The maximum absolute atomic E-state index is 13.5. The first-order chi connectivity index (χ1) is 14.0. The molecule has 2 rings (SSSR count). The third-order valence-electron chi connectivity index (χ3n) is 3.45. The summed E-state index contributed by atoms with van der Waals surface area (Å²) >= 11 is 0. The monoisotopic (exact) mass is 397 g/mol. The summed E-state index contributed by atoms with van der Waals surface area (Å²) in [6.07, 6.45) is 6.07. The Morgan fingerprint density at radius 2 is 1.97 bits per heavy atom. The van der Waals surface area contributed by atoms with Gasteiger partial charge in [-0.1, -0.05) is 18.1 Å². The Morgan fingerprint density at radius 1 is 1.17 bits per heavy atom. The van der Waals surface area contributed by atoms with Crippen molar-refractivity contribution in [1.82, 2.24) is 5.43 Å². The van der Waals surface area contributed by atoms with Crippen molar-refractivity contribution in [2.24, 2.45) is 5.10 Å². The number of hydrogen-bond donors (Lipinski definition) is 2. The average molecular weight is 397 g/mol. The van der Waals surface area contributed by atoms with Gasteiger partial charge in [0.1, 0.15) is 18.8 Å². The molecule has 2 aromatic rings. The largest absolute Gasteiger partial charge is 0.490 e. The summed E-state index contributed by atoms with van der Waals surface area (Å²) in [4.78, 5) is 23.6. The molecule has 0 radical (unpaired) electrons. The number of ether oxygens (including phenoxy) is 2. The molecule has 0 spiro atoms. The Bertz CT molecular complexity index is 938. The molecule has 29 heavy (non-hydrogen) atoms. The highest BCUT2D eigenvalue weighted by atomic mass is 19.1. The number of nitrogens with one attached hydrogen (secondary N) is 2. The summed E-state index contributed by atoms with van der Waals surface area (Å²) in [6, 6.07) is 10.7. The van der Waals surface area contributed by atoms with E-state index in [1.54, 1.807) is 24.3 Å². The lowest BCUT2D eigenvalue weighted by atomic mass is 10.2. The van der Waals surface area contributed by atoms with Gasteiger partial charge in [-0.2, -0.15) is 5.10 Å². The first-order valence-electron chi connectivity index (χ1n) is 8.73. The normalized spacial score (nSPS) is 10.2. The highest BCUT2D eigenvalue weighted by Crippen LogP contribution is 2.27. The average Bonchev–Trinajstić information content (AvgIpc) is 2.69. The molecule has 0 saturated heterocycles. The van der Waals surface area contributed by atoms with E-state index in [9.17, 15) is 14.0 Å². The molecule has 0 unspecified atom stereocenters. The van der Waals surface area contributed by atoms with Crippen LogP contribution in [0.1, 0.15) is 18.9 Å². The lowest BCUT2D eigenvalue weighted by Crippen LogP contribution is -2.24. The molecule has 0 aliphatic rings. The third-order valence-corrected chi connectivity index (χ3v) is 3.45. The number of hydrogen-bond acceptors (Lipinski definition) is 5. The van der Waals surface area contributed by atoms with Gasteiger partial charge in [-0.15, -0.1) is 6.42 Å². The number of rotatable bonds is 9. The summed E-state index contributed by atoms with van der Waals surface area (Å²) in [5.74, 6) is 1.48. The van der Waals surface area contributed by atoms with Crippen molar-refractivity contribution >= 4 is 23.7 Å². The number of para-hydroxylation sites is 1. The van der Waals surface area contributed by atoms with E-state index >= 15 is 0 Å². The predicted molar refractivity (Wildman–Crippen MR) is 107 cm³/mol. The van der Waals surface area contributed by atoms with E-state index in [-0.39, 0.29) is 12.3 Å². The molecular weight excluding hydrogens is 377 g/mol. The van der Waals surface area contributed by atoms with Crippen LogP contribution in [0, 0.1) is 18.2 Å². The molecule has 2 N–H and O–H groups in total. The zero-order valence-corrected chi connectivity index (χ0v) is 15.8. The van der Waals surface area contributed by atoms with Crippen molar-refractivity contribution in [2.45, 2.75) is 13.3 Å². The second kappa shape index (κ2) is 11.1. The van der Waals surface area contributed by atoms with Gasteiger partial charge in [0.05, 0.1) is 18.5 Å². The van der Waals surface area contributed by atoms with Crippen molar-refractivity contribution in [3.63, 3.8) is 0 Å². The molecule has 8 heteroatoms. The number of nitrogens with zero attached hydrogens (tertiary/aromatic N) is 1. The molecule has 2 amide bonds. The zero-order valence-electron chi connectivity index (χ0n) is 15.8. The molecule has 0 atom stereocenters. The molecule has 0 heterocycles. The van der Waals surface area contributed by atoms with Gasteiger partial charge in [0, 0.05) is 0 Å². The van der Waals surface area contributed by atoms with Gasteiger partial charge in [-0.3, -0.25) is 9.59 Å². The molecule has 0 aromatic heterocycles. The number of hydrazone groups is 1. The Kier molecular flexibility index (Phi) is 8.20.